The van der Waals surface area contributed by atoms with Gasteiger partial charge in [0, 0.05) is 0 Å². The van der Waals surface area contributed by atoms with Gasteiger partial charge in [-0.05, 0) is 23.8 Å². The van der Waals surface area contributed by atoms with Gasteiger partial charge in [0.15, 0.2) is 0 Å². The van der Waals surface area contributed by atoms with Crippen molar-refractivity contribution in [3.05, 3.63) is 77.4 Å². The van der Waals surface area contributed by atoms with E-state index in [1.54, 1.807) is 0 Å². The van der Waals surface area contributed by atoms with Gasteiger partial charge in [0.25, 0.3) is 0 Å². The summed E-state index contributed by atoms with van der Waals surface area (Å²) in [5.41, 5.74) is 4.55. The minimum absolute atomic E-state index is 0. The SMILES string of the molecule is CC1=CC(C(C)(C)C)=CC1c1cccc2c1[cH-]c1ccccc12.[Cl-].[Cl-].[Zr+3]. The van der Waals surface area contributed by atoms with Gasteiger partial charge in [0.1, 0.15) is 0 Å². The zero-order chi connectivity index (χ0) is 16.2. The van der Waals surface area contributed by atoms with E-state index < -0.39 is 0 Å². The average Bonchev–Trinajstić information content (AvgIpc) is 3.07. The summed E-state index contributed by atoms with van der Waals surface area (Å²) in [6.45, 7) is 9.15. The molecule has 0 amide bonds. The molecule has 1 unspecified atom stereocenters. The van der Waals surface area contributed by atoms with Crippen LogP contribution in [0.25, 0.3) is 21.5 Å². The average molecular weight is 462 g/mol. The van der Waals surface area contributed by atoms with E-state index in [1.165, 1.54) is 38.3 Å². The van der Waals surface area contributed by atoms with Crippen LogP contribution in [0.15, 0.2) is 71.8 Å². The van der Waals surface area contributed by atoms with Crippen LogP contribution in [0.3, 0.4) is 0 Å². The predicted octanol–water partition coefficient (Wildman–Crippen LogP) is 0.733. The Morgan fingerprint density at radius 1 is 0.885 bits per heavy atom. The number of fused-ring (bicyclic) bond motifs is 3. The van der Waals surface area contributed by atoms with Crippen LogP contribution in [0, 0.1) is 5.41 Å². The molecule has 1 atom stereocenters. The second-order valence-electron chi connectivity index (χ2n) is 7.78. The maximum absolute atomic E-state index is 2.46. The van der Waals surface area contributed by atoms with Crippen LogP contribution in [0.2, 0.25) is 0 Å². The number of benzene rings is 2. The van der Waals surface area contributed by atoms with E-state index >= 15 is 0 Å². The number of rotatable bonds is 1. The molecule has 0 nitrogen and oxygen atoms in total. The number of allylic oxidation sites excluding steroid dienone is 4. The van der Waals surface area contributed by atoms with E-state index in [9.17, 15) is 0 Å². The normalized spacial score (nSPS) is 16.4. The number of hydrogen-bond donors (Lipinski definition) is 0. The Kier molecular flexibility index (Phi) is 7.62. The molecule has 0 aliphatic heterocycles. The van der Waals surface area contributed by atoms with Crippen LogP contribution >= 0.6 is 0 Å². The summed E-state index contributed by atoms with van der Waals surface area (Å²) in [4.78, 5) is 0. The van der Waals surface area contributed by atoms with E-state index in [0.717, 1.165) is 0 Å². The van der Waals surface area contributed by atoms with Crippen molar-refractivity contribution >= 4 is 21.5 Å². The van der Waals surface area contributed by atoms with Gasteiger partial charge >= 0.3 is 26.2 Å². The standard InChI is InChI=1S/C23H23.2ClH.Zr/c1-15-12-17(23(2,3)4)14-21(15)20-11-7-10-19-18-9-6-5-8-16(18)13-22(19)20;;;/h5-14,21H,1-4H3;2*1H;/q-1;;;+3/p-2. The van der Waals surface area contributed by atoms with Crippen molar-refractivity contribution in [2.45, 2.75) is 33.6 Å². The topological polar surface area (TPSA) is 0 Å². The molecule has 1 radical (unpaired) electrons. The van der Waals surface area contributed by atoms with Gasteiger partial charge in [0.2, 0.25) is 0 Å². The van der Waals surface area contributed by atoms with E-state index in [-0.39, 0.29) is 56.4 Å². The predicted molar refractivity (Wildman–Crippen MR) is 101 cm³/mol. The summed E-state index contributed by atoms with van der Waals surface area (Å²) in [5, 5.41) is 5.49. The second-order valence-corrected chi connectivity index (χ2v) is 7.78. The maximum atomic E-state index is 2.46. The molecule has 0 bridgehead atoms. The van der Waals surface area contributed by atoms with Crippen LogP contribution in [0.1, 0.15) is 39.2 Å². The van der Waals surface area contributed by atoms with Crippen LogP contribution in [-0.4, -0.2) is 0 Å². The molecule has 133 valence electrons. The zero-order valence-corrected chi connectivity index (χ0v) is 19.6. The molecular formula is C23H23Cl2Zr. The van der Waals surface area contributed by atoms with Crippen LogP contribution in [0.5, 0.6) is 0 Å². The summed E-state index contributed by atoms with van der Waals surface area (Å²) in [6.07, 6.45) is 4.84. The van der Waals surface area contributed by atoms with Gasteiger partial charge in [-0.25, -0.2) is 0 Å². The molecule has 0 saturated carbocycles. The van der Waals surface area contributed by atoms with E-state index in [2.05, 4.69) is 88.4 Å². The molecule has 1 aliphatic rings. The third-order valence-electron chi connectivity index (χ3n) is 5.11. The van der Waals surface area contributed by atoms with Crippen molar-refractivity contribution < 1.29 is 51.0 Å². The van der Waals surface area contributed by atoms with Crippen LogP contribution in [-0.2, 0) is 26.2 Å². The smallest absolute Gasteiger partial charge is 1.00 e. The summed E-state index contributed by atoms with van der Waals surface area (Å²) in [6, 6.07) is 17.8. The minimum atomic E-state index is 0. The van der Waals surface area contributed by atoms with Crippen molar-refractivity contribution in [2.24, 2.45) is 5.41 Å². The Hall–Kier alpha value is -0.747. The van der Waals surface area contributed by atoms with Crippen LogP contribution in [0.4, 0.5) is 0 Å². The van der Waals surface area contributed by atoms with Gasteiger partial charge in [-0.3, -0.25) is 0 Å². The summed E-state index contributed by atoms with van der Waals surface area (Å²) < 4.78 is 0. The monoisotopic (exact) mass is 459 g/mol. The molecule has 4 rings (SSSR count). The fraction of sp³-hybridized carbons (Fsp3) is 0.261. The molecule has 26 heavy (non-hydrogen) atoms. The third-order valence-corrected chi connectivity index (χ3v) is 5.11. The van der Waals surface area contributed by atoms with E-state index in [0.29, 0.717) is 5.92 Å². The first kappa shape index (κ1) is 23.3. The van der Waals surface area contributed by atoms with Crippen molar-refractivity contribution in [1.29, 1.82) is 0 Å². The van der Waals surface area contributed by atoms with Gasteiger partial charge in [0.05, 0.1) is 0 Å². The first-order chi connectivity index (χ1) is 10.9. The van der Waals surface area contributed by atoms with Crippen molar-refractivity contribution in [2.75, 3.05) is 0 Å². The van der Waals surface area contributed by atoms with Crippen molar-refractivity contribution in [3.63, 3.8) is 0 Å². The van der Waals surface area contributed by atoms with Gasteiger partial charge in [-0.15, -0.1) is 33.7 Å². The van der Waals surface area contributed by atoms with E-state index in [1.807, 2.05) is 0 Å². The fourth-order valence-corrected chi connectivity index (χ4v) is 3.77. The van der Waals surface area contributed by atoms with Crippen LogP contribution < -0.4 is 24.8 Å². The Balaban J connectivity index is 0.00000113. The molecule has 1 aliphatic carbocycles. The summed E-state index contributed by atoms with van der Waals surface area (Å²) in [7, 11) is 0. The second kappa shape index (κ2) is 8.51. The molecule has 3 aromatic rings. The zero-order valence-electron chi connectivity index (χ0n) is 15.6. The molecule has 0 N–H and O–H groups in total. The number of hydrogen-bond acceptors (Lipinski definition) is 0. The first-order valence-electron chi connectivity index (χ1n) is 8.43. The molecule has 0 fully saturated rings. The molecule has 0 aromatic heterocycles. The fourth-order valence-electron chi connectivity index (χ4n) is 3.77. The summed E-state index contributed by atoms with van der Waals surface area (Å²) >= 11 is 0. The molecule has 0 heterocycles. The molecule has 3 aromatic carbocycles. The quantitative estimate of drug-likeness (QED) is 0.469. The Morgan fingerprint density at radius 2 is 1.54 bits per heavy atom. The van der Waals surface area contributed by atoms with Gasteiger partial charge in [-0.1, -0.05) is 80.5 Å². The molecule has 0 saturated heterocycles. The van der Waals surface area contributed by atoms with Gasteiger partial charge in [-0.2, -0.15) is 0 Å². The number of halogens is 2. The third kappa shape index (κ3) is 3.91. The largest absolute Gasteiger partial charge is 3.00 e. The maximum Gasteiger partial charge on any atom is 3.00 e. The van der Waals surface area contributed by atoms with E-state index in [4.69, 9.17) is 0 Å². The van der Waals surface area contributed by atoms with Gasteiger partial charge < -0.3 is 24.8 Å². The summed E-state index contributed by atoms with van der Waals surface area (Å²) in [5.74, 6) is 0.407. The first-order valence-corrected chi connectivity index (χ1v) is 8.43. The van der Waals surface area contributed by atoms with Crippen molar-refractivity contribution in [3.8, 4) is 0 Å². The Morgan fingerprint density at radius 3 is 2.19 bits per heavy atom. The van der Waals surface area contributed by atoms with Crippen molar-refractivity contribution in [1.82, 2.24) is 0 Å². The minimum Gasteiger partial charge on any atom is -1.00 e. The Labute approximate surface area is 188 Å². The molecule has 0 spiro atoms. The molecule has 3 heteroatoms. The Bertz CT molecular complexity index is 971. The molecular weight excluding hydrogens is 438 g/mol.